The Labute approximate surface area is 121 Å². The summed E-state index contributed by atoms with van der Waals surface area (Å²) in [7, 11) is 0. The van der Waals surface area contributed by atoms with Crippen LogP contribution in [0.5, 0.6) is 0 Å². The van der Waals surface area contributed by atoms with Gasteiger partial charge in [0.05, 0.1) is 11.8 Å². The van der Waals surface area contributed by atoms with Crippen molar-refractivity contribution in [1.82, 2.24) is 4.98 Å². The van der Waals surface area contributed by atoms with E-state index in [1.54, 1.807) is 0 Å². The lowest BCUT2D eigenvalue weighted by Gasteiger charge is -2.17. The first-order valence-corrected chi connectivity index (χ1v) is 6.37. The van der Waals surface area contributed by atoms with E-state index in [-0.39, 0.29) is 17.1 Å². The highest BCUT2D eigenvalue weighted by Crippen LogP contribution is 2.39. The van der Waals surface area contributed by atoms with Crippen LogP contribution in [0.15, 0.2) is 22.6 Å². The van der Waals surface area contributed by atoms with E-state index in [0.717, 1.165) is 11.0 Å². The predicted octanol–water partition coefficient (Wildman–Crippen LogP) is 2.67. The van der Waals surface area contributed by atoms with Gasteiger partial charge >= 0.3 is 12.1 Å². The van der Waals surface area contributed by atoms with Crippen molar-refractivity contribution in [2.24, 2.45) is 11.8 Å². The fourth-order valence-electron chi connectivity index (χ4n) is 2.58. The summed E-state index contributed by atoms with van der Waals surface area (Å²) in [5, 5.41) is 8.96. The van der Waals surface area contributed by atoms with Gasteiger partial charge < -0.3 is 14.4 Å². The molecule has 1 aromatic heterocycles. The number of hydrogen-bond donors (Lipinski definition) is 1. The van der Waals surface area contributed by atoms with Gasteiger partial charge in [0.25, 0.3) is 6.01 Å². The number of fused-ring (bicyclic) bond motifs is 1. The molecule has 1 saturated heterocycles. The molecule has 1 aliphatic rings. The summed E-state index contributed by atoms with van der Waals surface area (Å²) in [6.45, 7) is -0.983. The van der Waals surface area contributed by atoms with Gasteiger partial charge in [-0.05, 0) is 12.1 Å². The number of nitrogens with zero attached hydrogens (tertiary/aromatic N) is 2. The van der Waals surface area contributed by atoms with Gasteiger partial charge in [-0.15, -0.1) is 0 Å². The Bertz CT molecular complexity index is 728. The molecule has 2 heterocycles. The molecular weight excluding hydrogens is 308 g/mol. The molecule has 2 atom stereocenters. The van der Waals surface area contributed by atoms with E-state index < -0.39 is 42.9 Å². The lowest BCUT2D eigenvalue weighted by atomic mass is 9.96. The number of aromatic nitrogens is 1. The Balaban J connectivity index is 1.95. The molecule has 1 aromatic carbocycles. The molecule has 1 aliphatic heterocycles. The number of hydrogen-bond acceptors (Lipinski definition) is 4. The Kier molecular flexibility index (Phi) is 3.22. The molecule has 0 amide bonds. The largest absolute Gasteiger partial charge is 0.481 e. The summed E-state index contributed by atoms with van der Waals surface area (Å²) in [5.41, 5.74) is -0.00262. The number of carboxylic acid groups (broad SMARTS) is 1. The topological polar surface area (TPSA) is 66.6 Å². The van der Waals surface area contributed by atoms with E-state index in [1.807, 2.05) is 0 Å². The highest BCUT2D eigenvalue weighted by Gasteiger charge is 2.53. The van der Waals surface area contributed by atoms with E-state index in [4.69, 9.17) is 9.52 Å². The highest BCUT2D eigenvalue weighted by molar-refractivity contribution is 5.76. The molecule has 0 radical (unpaired) electrons. The molecule has 0 aliphatic carbocycles. The second kappa shape index (κ2) is 4.85. The normalized spacial score (nSPS) is 22.5. The fraction of sp³-hybridized carbons (Fsp3) is 0.385. The first-order chi connectivity index (χ1) is 10.3. The van der Waals surface area contributed by atoms with Crippen molar-refractivity contribution in [3.8, 4) is 0 Å². The van der Waals surface area contributed by atoms with Gasteiger partial charge in [-0.1, -0.05) is 6.07 Å². The van der Waals surface area contributed by atoms with Crippen molar-refractivity contribution in [3.05, 3.63) is 24.0 Å². The maximum Gasteiger partial charge on any atom is 0.394 e. The molecule has 5 nitrogen and oxygen atoms in total. The van der Waals surface area contributed by atoms with Crippen molar-refractivity contribution in [2.75, 3.05) is 18.0 Å². The summed E-state index contributed by atoms with van der Waals surface area (Å²) in [6.07, 6.45) is -4.64. The number of carbonyl (C=O) groups is 1. The third-order valence-electron chi connectivity index (χ3n) is 3.69. The SMILES string of the molecule is O=C(O)[C@@H]1CN(c2nc3c(F)cccc3o2)C[C@H]1C(F)(F)F. The Hall–Kier alpha value is -2.32. The summed E-state index contributed by atoms with van der Waals surface area (Å²) in [4.78, 5) is 15.9. The van der Waals surface area contributed by atoms with Crippen LogP contribution in [-0.2, 0) is 4.79 Å². The van der Waals surface area contributed by atoms with E-state index in [1.165, 1.54) is 12.1 Å². The number of alkyl halides is 3. The summed E-state index contributed by atoms with van der Waals surface area (Å²) in [5.74, 6) is -5.83. The minimum Gasteiger partial charge on any atom is -0.481 e. The minimum atomic E-state index is -4.64. The number of rotatable bonds is 2. The van der Waals surface area contributed by atoms with Crippen LogP contribution in [0, 0.1) is 17.7 Å². The van der Waals surface area contributed by atoms with Crippen LogP contribution < -0.4 is 4.90 Å². The first-order valence-electron chi connectivity index (χ1n) is 6.37. The van der Waals surface area contributed by atoms with Crippen molar-refractivity contribution in [2.45, 2.75) is 6.18 Å². The van der Waals surface area contributed by atoms with Crippen LogP contribution in [-0.4, -0.2) is 35.3 Å². The fourth-order valence-corrected chi connectivity index (χ4v) is 2.58. The van der Waals surface area contributed by atoms with Crippen LogP contribution >= 0.6 is 0 Å². The number of aliphatic carboxylic acids is 1. The van der Waals surface area contributed by atoms with Gasteiger partial charge in [-0.3, -0.25) is 4.79 Å². The molecule has 1 fully saturated rings. The molecule has 3 rings (SSSR count). The van der Waals surface area contributed by atoms with Crippen molar-refractivity contribution < 1.29 is 31.9 Å². The van der Waals surface area contributed by atoms with Crippen LogP contribution in [0.25, 0.3) is 11.1 Å². The number of halogens is 4. The van der Waals surface area contributed by atoms with Gasteiger partial charge in [0.1, 0.15) is 5.52 Å². The zero-order valence-corrected chi connectivity index (χ0v) is 11.0. The van der Waals surface area contributed by atoms with Gasteiger partial charge in [0.15, 0.2) is 11.4 Å². The van der Waals surface area contributed by atoms with Crippen molar-refractivity contribution >= 4 is 23.1 Å². The monoisotopic (exact) mass is 318 g/mol. The van der Waals surface area contributed by atoms with E-state index in [2.05, 4.69) is 4.98 Å². The number of carboxylic acids is 1. The molecular formula is C13H10F4N2O3. The number of para-hydroxylation sites is 1. The van der Waals surface area contributed by atoms with Crippen molar-refractivity contribution in [3.63, 3.8) is 0 Å². The minimum absolute atomic E-state index is 0.0948. The maximum absolute atomic E-state index is 13.5. The molecule has 1 N–H and O–H groups in total. The molecule has 2 aromatic rings. The Morgan fingerprint density at radius 2 is 2.09 bits per heavy atom. The smallest absolute Gasteiger partial charge is 0.394 e. The summed E-state index contributed by atoms with van der Waals surface area (Å²) in [6, 6.07) is 3.76. The Morgan fingerprint density at radius 3 is 2.64 bits per heavy atom. The molecule has 0 unspecified atom stereocenters. The molecule has 9 heteroatoms. The average Bonchev–Trinajstić information content (AvgIpc) is 3.02. The number of oxazole rings is 1. The molecule has 0 saturated carbocycles. The second-order valence-corrected chi connectivity index (χ2v) is 5.08. The lowest BCUT2D eigenvalue weighted by molar-refractivity contribution is -0.187. The quantitative estimate of drug-likeness (QED) is 0.862. The molecule has 0 spiro atoms. The van der Waals surface area contributed by atoms with E-state index >= 15 is 0 Å². The molecule has 22 heavy (non-hydrogen) atoms. The van der Waals surface area contributed by atoms with Crippen molar-refractivity contribution in [1.29, 1.82) is 0 Å². The standard InChI is InChI=1S/C13H10F4N2O3/c14-8-2-1-3-9-10(8)18-12(22-9)19-4-6(11(20)21)7(5-19)13(15,16)17/h1-3,6-7H,4-5H2,(H,20,21)/t6-,7-/m1/s1. The van der Waals surface area contributed by atoms with Crippen LogP contribution in [0.3, 0.4) is 0 Å². The van der Waals surface area contributed by atoms with Gasteiger partial charge in [-0.2, -0.15) is 18.2 Å². The Morgan fingerprint density at radius 1 is 1.36 bits per heavy atom. The zero-order valence-electron chi connectivity index (χ0n) is 11.0. The van der Waals surface area contributed by atoms with Gasteiger partial charge in [0.2, 0.25) is 0 Å². The predicted molar refractivity (Wildman–Crippen MR) is 66.9 cm³/mol. The van der Waals surface area contributed by atoms with Gasteiger partial charge in [0, 0.05) is 13.1 Å². The summed E-state index contributed by atoms with van der Waals surface area (Å²) < 4.78 is 57.6. The third kappa shape index (κ3) is 2.36. The zero-order chi connectivity index (χ0) is 16.1. The molecule has 118 valence electrons. The number of anilines is 1. The van der Waals surface area contributed by atoms with E-state index in [0.29, 0.717) is 0 Å². The van der Waals surface area contributed by atoms with Gasteiger partial charge in [-0.25, -0.2) is 4.39 Å². The lowest BCUT2D eigenvalue weighted by Crippen LogP contribution is -2.33. The van der Waals surface area contributed by atoms with Crippen LogP contribution in [0.4, 0.5) is 23.6 Å². The van der Waals surface area contributed by atoms with Crippen LogP contribution in [0.2, 0.25) is 0 Å². The van der Waals surface area contributed by atoms with Crippen LogP contribution in [0.1, 0.15) is 0 Å². The number of benzene rings is 1. The second-order valence-electron chi connectivity index (χ2n) is 5.08. The molecule has 0 bridgehead atoms. The maximum atomic E-state index is 13.5. The summed E-state index contributed by atoms with van der Waals surface area (Å²) >= 11 is 0. The first kappa shape index (κ1) is 14.6. The average molecular weight is 318 g/mol. The third-order valence-corrected chi connectivity index (χ3v) is 3.69. The highest BCUT2D eigenvalue weighted by atomic mass is 19.4. The van der Waals surface area contributed by atoms with E-state index in [9.17, 15) is 22.4 Å².